The average molecular weight is 243 g/mol. The molecule has 3 N–H and O–H groups in total. The molecule has 1 heterocycles. The van der Waals surface area contributed by atoms with Gasteiger partial charge in [0.25, 0.3) is 0 Å². The lowest BCUT2D eigenvalue weighted by Gasteiger charge is -2.31. The van der Waals surface area contributed by atoms with E-state index in [-0.39, 0.29) is 12.1 Å². The van der Waals surface area contributed by atoms with Gasteiger partial charge in [0.05, 0.1) is 12.7 Å². The number of rotatable bonds is 6. The Bertz CT molecular complexity index is 216. The van der Waals surface area contributed by atoms with E-state index in [1.165, 1.54) is 0 Å². The van der Waals surface area contributed by atoms with Crippen LogP contribution in [0.15, 0.2) is 0 Å². The zero-order valence-corrected chi connectivity index (χ0v) is 10.8. The topological polar surface area (TPSA) is 67.6 Å². The molecule has 0 aromatic rings. The molecule has 0 radical (unpaired) electrons. The summed E-state index contributed by atoms with van der Waals surface area (Å²) in [6.45, 7) is 5.65. The fourth-order valence-corrected chi connectivity index (χ4v) is 1.94. The van der Waals surface area contributed by atoms with Gasteiger partial charge in [0.1, 0.15) is 0 Å². The summed E-state index contributed by atoms with van der Waals surface area (Å²) >= 11 is 0. The third kappa shape index (κ3) is 5.37. The highest BCUT2D eigenvalue weighted by Crippen LogP contribution is 2.13. The van der Waals surface area contributed by atoms with Gasteiger partial charge in [0, 0.05) is 26.2 Å². The summed E-state index contributed by atoms with van der Waals surface area (Å²) < 4.78 is 5.58. The maximum atomic E-state index is 11.7. The molecule has 1 saturated heterocycles. The van der Waals surface area contributed by atoms with Gasteiger partial charge in [-0.05, 0) is 19.3 Å². The van der Waals surface area contributed by atoms with Crippen molar-refractivity contribution in [2.75, 3.05) is 32.8 Å². The molecule has 17 heavy (non-hydrogen) atoms. The van der Waals surface area contributed by atoms with Gasteiger partial charge in [-0.15, -0.1) is 0 Å². The van der Waals surface area contributed by atoms with Crippen LogP contribution in [0.4, 0.5) is 4.79 Å². The molecule has 5 heteroatoms. The lowest BCUT2D eigenvalue weighted by molar-refractivity contribution is 0.0190. The first kappa shape index (κ1) is 14.3. The van der Waals surface area contributed by atoms with Crippen molar-refractivity contribution in [1.29, 1.82) is 0 Å². The Kier molecular flexibility index (Phi) is 6.96. The molecule has 0 saturated carbocycles. The van der Waals surface area contributed by atoms with Crippen molar-refractivity contribution in [2.24, 2.45) is 5.73 Å². The van der Waals surface area contributed by atoms with Gasteiger partial charge >= 0.3 is 6.03 Å². The van der Waals surface area contributed by atoms with Crippen LogP contribution in [0, 0.1) is 0 Å². The van der Waals surface area contributed by atoms with Crippen molar-refractivity contribution in [3.63, 3.8) is 0 Å². The third-order valence-corrected chi connectivity index (χ3v) is 3.01. The van der Waals surface area contributed by atoms with E-state index in [9.17, 15) is 4.79 Å². The van der Waals surface area contributed by atoms with Crippen LogP contribution >= 0.6 is 0 Å². The van der Waals surface area contributed by atoms with Crippen LogP contribution in [0.5, 0.6) is 0 Å². The monoisotopic (exact) mass is 243 g/mol. The number of carbonyl (C=O) groups excluding carboxylic acids is 1. The average Bonchev–Trinajstić information content (AvgIpc) is 2.37. The summed E-state index contributed by atoms with van der Waals surface area (Å²) in [5, 5.41) is 2.94. The molecule has 0 spiro atoms. The minimum atomic E-state index is 0.0655. The number of hydrogen-bond donors (Lipinski definition) is 2. The highest BCUT2D eigenvalue weighted by atomic mass is 16.5. The van der Waals surface area contributed by atoms with Gasteiger partial charge in [0.15, 0.2) is 0 Å². The molecule has 1 aliphatic heterocycles. The van der Waals surface area contributed by atoms with Crippen LogP contribution in [0.2, 0.25) is 0 Å². The third-order valence-electron chi connectivity index (χ3n) is 3.01. The van der Waals surface area contributed by atoms with Crippen molar-refractivity contribution in [3.05, 3.63) is 0 Å². The molecule has 0 unspecified atom stereocenters. The van der Waals surface area contributed by atoms with Crippen molar-refractivity contribution in [2.45, 2.75) is 38.7 Å². The van der Waals surface area contributed by atoms with Crippen molar-refractivity contribution in [1.82, 2.24) is 10.2 Å². The zero-order chi connectivity index (χ0) is 12.5. The Morgan fingerprint density at radius 2 is 2.18 bits per heavy atom. The Morgan fingerprint density at radius 3 is 2.76 bits per heavy atom. The number of urea groups is 1. The van der Waals surface area contributed by atoms with Gasteiger partial charge in [-0.25, -0.2) is 4.79 Å². The summed E-state index contributed by atoms with van der Waals surface area (Å²) in [7, 11) is 0. The number of nitrogens with one attached hydrogen (secondary N) is 1. The first-order valence-electron chi connectivity index (χ1n) is 6.62. The Morgan fingerprint density at radius 1 is 1.47 bits per heavy atom. The van der Waals surface area contributed by atoms with Gasteiger partial charge < -0.3 is 20.7 Å². The van der Waals surface area contributed by atoms with Crippen LogP contribution in [-0.4, -0.2) is 49.8 Å². The number of nitrogens with two attached hydrogens (primary N) is 1. The Hall–Kier alpha value is -0.810. The molecular weight excluding hydrogens is 218 g/mol. The van der Waals surface area contributed by atoms with Gasteiger partial charge in [-0.2, -0.15) is 0 Å². The summed E-state index contributed by atoms with van der Waals surface area (Å²) in [4.78, 5) is 13.6. The summed E-state index contributed by atoms with van der Waals surface area (Å²) in [5.74, 6) is 0. The minimum Gasteiger partial charge on any atom is -0.377 e. The van der Waals surface area contributed by atoms with E-state index in [0.29, 0.717) is 13.2 Å². The smallest absolute Gasteiger partial charge is 0.317 e. The molecule has 0 aliphatic carbocycles. The van der Waals surface area contributed by atoms with Crippen molar-refractivity contribution < 1.29 is 9.53 Å². The molecule has 2 amide bonds. The normalized spacial score (nSPS) is 17.2. The number of ether oxygens (including phenoxy) is 1. The Labute approximate surface area is 104 Å². The molecule has 0 bridgehead atoms. The van der Waals surface area contributed by atoms with E-state index < -0.39 is 0 Å². The Balaban J connectivity index is 2.15. The first-order chi connectivity index (χ1) is 8.27. The predicted octanol–water partition coefficient (Wildman–Crippen LogP) is 0.936. The maximum absolute atomic E-state index is 11.7. The second-order valence-corrected chi connectivity index (χ2v) is 4.43. The second kappa shape index (κ2) is 8.31. The fourth-order valence-electron chi connectivity index (χ4n) is 1.94. The molecule has 0 atom stereocenters. The quantitative estimate of drug-likeness (QED) is 0.682. The number of nitrogens with zero attached hydrogens (tertiary/aromatic N) is 1. The molecule has 1 fully saturated rings. The summed E-state index contributed by atoms with van der Waals surface area (Å²) in [6.07, 6.45) is 4.26. The van der Waals surface area contributed by atoms with Crippen LogP contribution in [0.1, 0.15) is 32.6 Å². The van der Waals surface area contributed by atoms with Gasteiger partial charge in [-0.3, -0.25) is 0 Å². The van der Waals surface area contributed by atoms with E-state index in [0.717, 1.165) is 45.3 Å². The van der Waals surface area contributed by atoms with Crippen molar-refractivity contribution >= 4 is 6.03 Å². The van der Waals surface area contributed by atoms with Gasteiger partial charge in [-0.1, -0.05) is 13.3 Å². The predicted molar refractivity (Wildman–Crippen MR) is 67.9 cm³/mol. The second-order valence-electron chi connectivity index (χ2n) is 4.43. The number of unbranched alkanes of at least 4 members (excludes halogenated alkanes) is 1. The largest absolute Gasteiger partial charge is 0.377 e. The highest BCUT2D eigenvalue weighted by Gasteiger charge is 2.22. The molecule has 0 aromatic heterocycles. The number of carbonyl (C=O) groups is 1. The summed E-state index contributed by atoms with van der Waals surface area (Å²) in [6, 6.07) is 0.0655. The van der Waals surface area contributed by atoms with E-state index in [1.807, 2.05) is 4.90 Å². The van der Waals surface area contributed by atoms with E-state index in [4.69, 9.17) is 10.5 Å². The number of likely N-dealkylation sites (tertiary alicyclic amines) is 1. The number of amides is 2. The van der Waals surface area contributed by atoms with Crippen LogP contribution < -0.4 is 11.1 Å². The molecule has 0 aromatic carbocycles. The molecule has 1 rings (SSSR count). The van der Waals surface area contributed by atoms with Crippen LogP contribution in [-0.2, 0) is 4.74 Å². The summed E-state index contributed by atoms with van der Waals surface area (Å²) in [5.41, 5.74) is 5.39. The molecular formula is C12H25N3O2. The van der Waals surface area contributed by atoms with Crippen LogP contribution in [0.25, 0.3) is 0 Å². The number of piperidine rings is 1. The SMILES string of the molecule is CCCCNC(=O)N1CCC(OCCN)CC1. The molecule has 1 aliphatic rings. The van der Waals surface area contributed by atoms with Crippen LogP contribution in [0.3, 0.4) is 0 Å². The van der Waals surface area contributed by atoms with E-state index in [2.05, 4.69) is 12.2 Å². The highest BCUT2D eigenvalue weighted by molar-refractivity contribution is 5.74. The lowest BCUT2D eigenvalue weighted by Crippen LogP contribution is -2.46. The van der Waals surface area contributed by atoms with E-state index >= 15 is 0 Å². The van der Waals surface area contributed by atoms with Gasteiger partial charge in [0.2, 0.25) is 0 Å². The first-order valence-corrected chi connectivity index (χ1v) is 6.62. The van der Waals surface area contributed by atoms with Crippen molar-refractivity contribution in [3.8, 4) is 0 Å². The molecule has 100 valence electrons. The zero-order valence-electron chi connectivity index (χ0n) is 10.8. The number of hydrogen-bond acceptors (Lipinski definition) is 3. The fraction of sp³-hybridized carbons (Fsp3) is 0.917. The molecule has 5 nitrogen and oxygen atoms in total. The minimum absolute atomic E-state index is 0.0655. The standard InChI is InChI=1S/C12H25N3O2/c1-2-3-7-14-12(16)15-8-4-11(5-9-15)17-10-6-13/h11H,2-10,13H2,1H3,(H,14,16). The lowest BCUT2D eigenvalue weighted by atomic mass is 10.1. The maximum Gasteiger partial charge on any atom is 0.317 e. The van der Waals surface area contributed by atoms with E-state index in [1.54, 1.807) is 0 Å².